The number of fused-ring (bicyclic) bond motifs is 5. The molecule has 0 spiro atoms. The van der Waals surface area contributed by atoms with Crippen molar-refractivity contribution in [2.45, 2.75) is 12.8 Å². The summed E-state index contributed by atoms with van der Waals surface area (Å²) in [7, 11) is 0. The normalized spacial score (nSPS) is 15.7. The number of anilines is 3. The van der Waals surface area contributed by atoms with Crippen molar-refractivity contribution in [3.63, 3.8) is 0 Å². The van der Waals surface area contributed by atoms with Gasteiger partial charge in [-0.2, -0.15) is 0 Å². The molecule has 7 heteroatoms. The van der Waals surface area contributed by atoms with Crippen LogP contribution in [-0.2, 0) is 0 Å². The maximum atomic E-state index is 4.86. The molecule has 27 heavy (non-hydrogen) atoms. The monoisotopic (exact) mass is 359 g/mol. The van der Waals surface area contributed by atoms with Gasteiger partial charge in [-0.05, 0) is 50.0 Å². The minimum absolute atomic E-state index is 0.663. The van der Waals surface area contributed by atoms with Crippen molar-refractivity contribution in [2.75, 3.05) is 30.3 Å². The van der Waals surface area contributed by atoms with Crippen LogP contribution in [0.4, 0.5) is 17.5 Å². The molecule has 3 N–H and O–H groups in total. The molecule has 0 amide bonds. The van der Waals surface area contributed by atoms with Gasteiger partial charge in [-0.25, -0.2) is 15.0 Å². The lowest BCUT2D eigenvalue weighted by molar-refractivity contribution is 0.389. The smallest absolute Gasteiger partial charge is 0.223 e. The van der Waals surface area contributed by atoms with Crippen molar-refractivity contribution >= 4 is 17.5 Å². The fraction of sp³-hybridized carbons (Fsp3) is 0.300. The Balaban J connectivity index is 1.53. The molecule has 0 aromatic carbocycles. The highest BCUT2D eigenvalue weighted by Crippen LogP contribution is 2.41. The third-order valence-corrected chi connectivity index (χ3v) is 5.22. The average Bonchev–Trinajstić information content (AvgIpc) is 2.87. The highest BCUT2D eigenvalue weighted by atomic mass is 15.1. The lowest BCUT2D eigenvalue weighted by Crippen LogP contribution is -2.31. The van der Waals surface area contributed by atoms with Crippen molar-refractivity contribution in [2.24, 2.45) is 5.92 Å². The van der Waals surface area contributed by atoms with E-state index in [0.717, 1.165) is 53.5 Å². The Morgan fingerprint density at radius 3 is 2.85 bits per heavy atom. The van der Waals surface area contributed by atoms with Gasteiger partial charge in [0.15, 0.2) is 0 Å². The van der Waals surface area contributed by atoms with Gasteiger partial charge in [0.05, 0.1) is 17.6 Å². The maximum absolute atomic E-state index is 4.86. The first-order valence-corrected chi connectivity index (χ1v) is 9.37. The van der Waals surface area contributed by atoms with E-state index >= 15 is 0 Å². The zero-order valence-electron chi connectivity index (χ0n) is 14.9. The minimum Gasteiger partial charge on any atom is -0.354 e. The van der Waals surface area contributed by atoms with Crippen molar-refractivity contribution in [1.29, 1.82) is 0 Å². The quantitative estimate of drug-likeness (QED) is 0.518. The first-order chi connectivity index (χ1) is 13.4. The largest absolute Gasteiger partial charge is 0.354 e. The van der Waals surface area contributed by atoms with E-state index in [2.05, 4.69) is 30.9 Å². The Labute approximate surface area is 157 Å². The van der Waals surface area contributed by atoms with Gasteiger partial charge in [-0.3, -0.25) is 4.98 Å². The molecule has 2 aliphatic heterocycles. The zero-order valence-corrected chi connectivity index (χ0v) is 14.9. The number of nitrogens with one attached hydrogen (secondary N) is 3. The van der Waals surface area contributed by atoms with Gasteiger partial charge in [0.1, 0.15) is 5.82 Å². The van der Waals surface area contributed by atoms with E-state index in [0.29, 0.717) is 11.9 Å². The van der Waals surface area contributed by atoms with Gasteiger partial charge >= 0.3 is 0 Å². The molecule has 2 aliphatic rings. The summed E-state index contributed by atoms with van der Waals surface area (Å²) in [4.78, 5) is 18.2. The molecule has 1 fully saturated rings. The molecule has 5 heterocycles. The Hall–Kier alpha value is -3.06. The molecule has 3 aromatic rings. The van der Waals surface area contributed by atoms with Crippen LogP contribution in [0.15, 0.2) is 43.0 Å². The predicted molar refractivity (Wildman–Crippen MR) is 106 cm³/mol. The number of pyridine rings is 2. The summed E-state index contributed by atoms with van der Waals surface area (Å²) in [5.74, 6) is 2.11. The lowest BCUT2D eigenvalue weighted by Gasteiger charge is -2.22. The van der Waals surface area contributed by atoms with Crippen LogP contribution in [0.1, 0.15) is 12.8 Å². The predicted octanol–water partition coefficient (Wildman–Crippen LogP) is 3.07. The molecular weight excluding hydrogens is 338 g/mol. The molecule has 136 valence electrons. The van der Waals surface area contributed by atoms with E-state index in [4.69, 9.17) is 4.98 Å². The summed E-state index contributed by atoms with van der Waals surface area (Å²) in [6.07, 6.45) is 9.66. The van der Waals surface area contributed by atoms with Crippen molar-refractivity contribution in [3.8, 4) is 22.4 Å². The van der Waals surface area contributed by atoms with E-state index in [1.807, 2.05) is 30.6 Å². The summed E-state index contributed by atoms with van der Waals surface area (Å²) in [6, 6.07) is 5.96. The molecule has 1 saturated heterocycles. The van der Waals surface area contributed by atoms with E-state index < -0.39 is 0 Å². The van der Waals surface area contributed by atoms with Gasteiger partial charge in [-0.15, -0.1) is 0 Å². The first-order valence-electron chi connectivity index (χ1n) is 9.37. The fourth-order valence-electron chi connectivity index (χ4n) is 3.74. The first kappa shape index (κ1) is 16.1. The van der Waals surface area contributed by atoms with E-state index in [1.165, 1.54) is 12.8 Å². The molecule has 5 rings (SSSR count). The van der Waals surface area contributed by atoms with E-state index in [1.54, 1.807) is 12.4 Å². The van der Waals surface area contributed by atoms with Gasteiger partial charge in [0, 0.05) is 41.8 Å². The SMILES string of the molecule is c1cnc2c(c1)-c1nc(NCC3CCNCC3)ncc1-c1ccncc1N2. The van der Waals surface area contributed by atoms with Crippen LogP contribution in [-0.4, -0.2) is 39.6 Å². The van der Waals surface area contributed by atoms with Gasteiger partial charge in [0.25, 0.3) is 0 Å². The fourth-order valence-corrected chi connectivity index (χ4v) is 3.74. The topological polar surface area (TPSA) is 87.7 Å². The number of aromatic nitrogens is 4. The van der Waals surface area contributed by atoms with Crippen LogP contribution in [0, 0.1) is 5.92 Å². The van der Waals surface area contributed by atoms with E-state index in [-0.39, 0.29) is 0 Å². The maximum Gasteiger partial charge on any atom is 0.223 e. The van der Waals surface area contributed by atoms with Crippen LogP contribution in [0.25, 0.3) is 22.4 Å². The van der Waals surface area contributed by atoms with Crippen molar-refractivity contribution in [3.05, 3.63) is 43.0 Å². The Morgan fingerprint density at radius 2 is 1.93 bits per heavy atom. The molecular formula is C20H21N7. The Kier molecular flexibility index (Phi) is 4.14. The van der Waals surface area contributed by atoms with Crippen LogP contribution in [0.3, 0.4) is 0 Å². The highest BCUT2D eigenvalue weighted by molar-refractivity contribution is 5.95. The number of hydrogen-bond acceptors (Lipinski definition) is 7. The van der Waals surface area contributed by atoms with Crippen molar-refractivity contribution in [1.82, 2.24) is 25.3 Å². The summed E-state index contributed by atoms with van der Waals surface area (Å²) < 4.78 is 0. The summed E-state index contributed by atoms with van der Waals surface area (Å²) in [5, 5.41) is 10.2. The second-order valence-corrected chi connectivity index (χ2v) is 6.98. The number of hydrogen-bond donors (Lipinski definition) is 3. The van der Waals surface area contributed by atoms with Crippen molar-refractivity contribution < 1.29 is 0 Å². The molecule has 0 atom stereocenters. The lowest BCUT2D eigenvalue weighted by atomic mass is 9.98. The van der Waals surface area contributed by atoms with Crippen LogP contribution < -0.4 is 16.0 Å². The molecule has 0 saturated carbocycles. The molecule has 0 bridgehead atoms. The summed E-state index contributed by atoms with van der Waals surface area (Å²) in [6.45, 7) is 3.08. The van der Waals surface area contributed by atoms with Gasteiger partial charge in [0.2, 0.25) is 5.95 Å². The summed E-state index contributed by atoms with van der Waals surface area (Å²) in [5.41, 5.74) is 4.78. The Bertz CT molecular complexity index is 966. The standard InChI is InChI=1S/C20H21N7/c1-2-15-18-16(14-5-9-22-12-17(14)26-19(15)23-6-1)11-25-20(27-18)24-10-13-3-7-21-8-4-13/h1-2,5-6,9,11-13,21H,3-4,7-8,10H2,(H,23,26)(H,24,25,27). The molecule has 7 nitrogen and oxygen atoms in total. The minimum atomic E-state index is 0.663. The van der Waals surface area contributed by atoms with Gasteiger partial charge in [-0.1, -0.05) is 0 Å². The third kappa shape index (κ3) is 3.10. The zero-order chi connectivity index (χ0) is 18.1. The third-order valence-electron chi connectivity index (χ3n) is 5.22. The summed E-state index contributed by atoms with van der Waals surface area (Å²) >= 11 is 0. The van der Waals surface area contributed by atoms with Gasteiger partial charge < -0.3 is 16.0 Å². The van der Waals surface area contributed by atoms with Crippen LogP contribution >= 0.6 is 0 Å². The van der Waals surface area contributed by atoms with Crippen LogP contribution in [0.2, 0.25) is 0 Å². The second-order valence-electron chi connectivity index (χ2n) is 6.98. The second kappa shape index (κ2) is 6.92. The van der Waals surface area contributed by atoms with Crippen LogP contribution in [0.5, 0.6) is 0 Å². The average molecular weight is 359 g/mol. The Morgan fingerprint density at radius 1 is 1.00 bits per heavy atom. The number of piperidine rings is 1. The number of rotatable bonds is 3. The number of nitrogens with zero attached hydrogens (tertiary/aromatic N) is 4. The highest BCUT2D eigenvalue weighted by Gasteiger charge is 2.22. The molecule has 0 aliphatic carbocycles. The molecule has 0 radical (unpaired) electrons. The van der Waals surface area contributed by atoms with E-state index in [9.17, 15) is 0 Å². The molecule has 0 unspecified atom stereocenters. The molecule has 3 aromatic heterocycles.